The van der Waals surface area contributed by atoms with Gasteiger partial charge in [0.15, 0.2) is 0 Å². The Morgan fingerprint density at radius 3 is 2.87 bits per heavy atom. The molecular weight excluding hydrogens is 276 g/mol. The molecule has 0 saturated heterocycles. The molecule has 1 aromatic rings. The van der Waals surface area contributed by atoms with Crippen molar-refractivity contribution in [3.05, 3.63) is 20.8 Å². The summed E-state index contributed by atoms with van der Waals surface area (Å²) in [5.74, 6) is 0. The van der Waals surface area contributed by atoms with Gasteiger partial charge in [-0.2, -0.15) is 0 Å². The second-order valence-electron chi connectivity index (χ2n) is 3.41. The molecule has 0 aliphatic carbocycles. The summed E-state index contributed by atoms with van der Waals surface area (Å²) in [6, 6.07) is 2.33. The van der Waals surface area contributed by atoms with Gasteiger partial charge in [-0.15, -0.1) is 11.3 Å². The third-order valence-corrected chi connectivity index (χ3v) is 4.03. The van der Waals surface area contributed by atoms with Crippen LogP contribution in [0, 0.1) is 0 Å². The molecule has 1 heterocycles. The van der Waals surface area contributed by atoms with E-state index >= 15 is 0 Å². The van der Waals surface area contributed by atoms with Gasteiger partial charge in [0, 0.05) is 34.9 Å². The predicted molar refractivity (Wildman–Crippen MR) is 68.3 cm³/mol. The molecule has 0 bridgehead atoms. The van der Waals surface area contributed by atoms with Crippen LogP contribution in [0.25, 0.3) is 0 Å². The second kappa shape index (κ2) is 6.60. The molecular formula is C10H17BrN2OS. The zero-order chi connectivity index (χ0) is 11.3. The number of hydrogen-bond donors (Lipinski definition) is 2. The molecule has 3 N–H and O–H groups in total. The molecule has 3 nitrogen and oxygen atoms in total. The van der Waals surface area contributed by atoms with E-state index in [0.29, 0.717) is 6.54 Å². The van der Waals surface area contributed by atoms with Gasteiger partial charge >= 0.3 is 0 Å². The number of hydrogen-bond acceptors (Lipinski definition) is 4. The van der Waals surface area contributed by atoms with E-state index < -0.39 is 0 Å². The summed E-state index contributed by atoms with van der Waals surface area (Å²) >= 11 is 5.15. The Bertz CT molecular complexity index is 293. The quantitative estimate of drug-likeness (QED) is 0.844. The summed E-state index contributed by atoms with van der Waals surface area (Å²) in [6.45, 7) is 3.45. The van der Waals surface area contributed by atoms with Crippen LogP contribution in [0.5, 0.6) is 0 Å². The van der Waals surface area contributed by atoms with Crippen molar-refractivity contribution in [1.82, 2.24) is 5.32 Å². The Balaban J connectivity index is 2.49. The number of rotatable bonds is 6. The van der Waals surface area contributed by atoms with E-state index in [1.165, 1.54) is 4.88 Å². The number of nitrogens with one attached hydrogen (secondary N) is 1. The summed E-state index contributed by atoms with van der Waals surface area (Å²) in [5, 5.41) is 5.46. The number of thiophene rings is 1. The first-order chi connectivity index (χ1) is 7.17. The largest absolute Gasteiger partial charge is 0.380 e. The standard InChI is InChI=1S/C10H17BrN2OS/c1-7(14-2)5-13-9(4-12)10-3-8(11)6-15-10/h3,6-7,9,13H,4-5,12H2,1-2H3. The molecule has 0 aromatic carbocycles. The van der Waals surface area contributed by atoms with Gasteiger partial charge in [0.25, 0.3) is 0 Å². The highest BCUT2D eigenvalue weighted by molar-refractivity contribution is 9.10. The van der Waals surface area contributed by atoms with Crippen LogP contribution in [0.4, 0.5) is 0 Å². The molecule has 0 radical (unpaired) electrons. The Labute approximate surface area is 103 Å². The summed E-state index contributed by atoms with van der Waals surface area (Å²) in [4.78, 5) is 1.26. The van der Waals surface area contributed by atoms with Crippen LogP contribution in [0.3, 0.4) is 0 Å². The van der Waals surface area contributed by atoms with Crippen LogP contribution in [-0.2, 0) is 4.74 Å². The van der Waals surface area contributed by atoms with Gasteiger partial charge in [-0.25, -0.2) is 0 Å². The molecule has 5 heteroatoms. The Morgan fingerprint density at radius 2 is 2.40 bits per heavy atom. The molecule has 2 unspecified atom stereocenters. The van der Waals surface area contributed by atoms with Crippen LogP contribution in [-0.4, -0.2) is 26.3 Å². The lowest BCUT2D eigenvalue weighted by Gasteiger charge is -2.18. The maximum Gasteiger partial charge on any atom is 0.0667 e. The fourth-order valence-corrected chi connectivity index (χ4v) is 2.74. The predicted octanol–water partition coefficient (Wildman–Crippen LogP) is 2.13. The second-order valence-corrected chi connectivity index (χ2v) is 5.27. The van der Waals surface area contributed by atoms with E-state index in [1.54, 1.807) is 18.4 Å². The van der Waals surface area contributed by atoms with Crippen molar-refractivity contribution >= 4 is 27.3 Å². The van der Waals surface area contributed by atoms with Crippen LogP contribution >= 0.6 is 27.3 Å². The average molecular weight is 293 g/mol. The van der Waals surface area contributed by atoms with E-state index in [-0.39, 0.29) is 12.1 Å². The van der Waals surface area contributed by atoms with Gasteiger partial charge < -0.3 is 15.8 Å². The van der Waals surface area contributed by atoms with Crippen molar-refractivity contribution in [2.24, 2.45) is 5.73 Å². The minimum atomic E-state index is 0.211. The lowest BCUT2D eigenvalue weighted by Crippen LogP contribution is -2.33. The van der Waals surface area contributed by atoms with Gasteiger partial charge in [-0.3, -0.25) is 0 Å². The summed E-state index contributed by atoms with van der Waals surface area (Å²) in [6.07, 6.45) is 0.211. The Hall–Kier alpha value is 0.0600. The van der Waals surface area contributed by atoms with E-state index in [4.69, 9.17) is 10.5 Å². The molecule has 86 valence electrons. The number of halogens is 1. The van der Waals surface area contributed by atoms with E-state index in [0.717, 1.165) is 11.0 Å². The molecule has 0 amide bonds. The molecule has 1 aromatic heterocycles. The number of nitrogens with two attached hydrogens (primary N) is 1. The van der Waals surface area contributed by atoms with E-state index in [1.807, 2.05) is 6.92 Å². The normalized spacial score (nSPS) is 15.2. The van der Waals surface area contributed by atoms with Crippen LogP contribution in [0.2, 0.25) is 0 Å². The first-order valence-corrected chi connectivity index (χ1v) is 6.54. The van der Waals surface area contributed by atoms with Crippen LogP contribution < -0.4 is 11.1 Å². The first-order valence-electron chi connectivity index (χ1n) is 4.87. The lowest BCUT2D eigenvalue weighted by molar-refractivity contribution is 0.114. The lowest BCUT2D eigenvalue weighted by atomic mass is 10.2. The smallest absolute Gasteiger partial charge is 0.0667 e. The topological polar surface area (TPSA) is 47.3 Å². The molecule has 0 aliphatic heterocycles. The summed E-state index contributed by atoms with van der Waals surface area (Å²) in [5.41, 5.74) is 5.73. The summed E-state index contributed by atoms with van der Waals surface area (Å²) in [7, 11) is 1.71. The van der Waals surface area contributed by atoms with Gasteiger partial charge in [-0.1, -0.05) is 0 Å². The van der Waals surface area contributed by atoms with Crippen molar-refractivity contribution in [1.29, 1.82) is 0 Å². The fraction of sp³-hybridized carbons (Fsp3) is 0.600. The van der Waals surface area contributed by atoms with Crippen molar-refractivity contribution in [2.75, 3.05) is 20.2 Å². The van der Waals surface area contributed by atoms with Crippen molar-refractivity contribution in [3.63, 3.8) is 0 Å². The highest BCUT2D eigenvalue weighted by atomic mass is 79.9. The van der Waals surface area contributed by atoms with Crippen LogP contribution in [0.15, 0.2) is 15.9 Å². The monoisotopic (exact) mass is 292 g/mol. The first kappa shape index (κ1) is 13.1. The number of methoxy groups -OCH3 is 1. The molecule has 0 spiro atoms. The minimum absolute atomic E-state index is 0.211. The SMILES string of the molecule is COC(C)CNC(CN)c1cc(Br)cs1. The molecule has 0 aliphatic rings. The summed E-state index contributed by atoms with van der Waals surface area (Å²) < 4.78 is 6.29. The Morgan fingerprint density at radius 1 is 1.67 bits per heavy atom. The third-order valence-electron chi connectivity index (χ3n) is 2.22. The highest BCUT2D eigenvalue weighted by Gasteiger charge is 2.12. The highest BCUT2D eigenvalue weighted by Crippen LogP contribution is 2.25. The van der Waals surface area contributed by atoms with Crippen molar-refractivity contribution in [2.45, 2.75) is 19.1 Å². The van der Waals surface area contributed by atoms with Crippen LogP contribution in [0.1, 0.15) is 17.8 Å². The molecule has 15 heavy (non-hydrogen) atoms. The zero-order valence-corrected chi connectivity index (χ0v) is 11.4. The zero-order valence-electron chi connectivity index (χ0n) is 9.00. The molecule has 2 atom stereocenters. The minimum Gasteiger partial charge on any atom is -0.380 e. The number of ether oxygens (including phenoxy) is 1. The van der Waals surface area contributed by atoms with Gasteiger partial charge in [0.2, 0.25) is 0 Å². The van der Waals surface area contributed by atoms with Crippen molar-refractivity contribution in [3.8, 4) is 0 Å². The molecule has 0 fully saturated rings. The fourth-order valence-electron chi connectivity index (χ4n) is 1.20. The average Bonchev–Trinajstić information content (AvgIpc) is 2.65. The third kappa shape index (κ3) is 4.20. The maximum atomic E-state index is 5.73. The maximum absolute atomic E-state index is 5.73. The van der Waals surface area contributed by atoms with Crippen molar-refractivity contribution < 1.29 is 4.74 Å². The molecule has 1 rings (SSSR count). The molecule has 0 saturated carbocycles. The van der Waals surface area contributed by atoms with Gasteiger partial charge in [-0.05, 0) is 28.9 Å². The van der Waals surface area contributed by atoms with E-state index in [9.17, 15) is 0 Å². The Kier molecular flexibility index (Phi) is 5.78. The van der Waals surface area contributed by atoms with Gasteiger partial charge in [0.05, 0.1) is 12.1 Å². The van der Waals surface area contributed by atoms with Gasteiger partial charge in [0.1, 0.15) is 0 Å². The van der Waals surface area contributed by atoms with E-state index in [2.05, 4.69) is 32.7 Å².